The van der Waals surface area contributed by atoms with E-state index in [1.807, 2.05) is 24.3 Å². The molecule has 1 aliphatic carbocycles. The predicted octanol–water partition coefficient (Wildman–Crippen LogP) is 2.06. The molecule has 0 saturated carbocycles. The fourth-order valence-corrected chi connectivity index (χ4v) is 2.90. The molecule has 0 saturated heterocycles. The van der Waals surface area contributed by atoms with Gasteiger partial charge in [-0.15, -0.1) is 0 Å². The largest absolute Gasteiger partial charge is 0.462 e. The molecule has 19 heavy (non-hydrogen) atoms. The molecule has 1 heterocycles. The topological polar surface area (TPSA) is 58.6 Å². The van der Waals surface area contributed by atoms with E-state index in [1.54, 1.807) is 13.0 Å². The van der Waals surface area contributed by atoms with Gasteiger partial charge in [0.05, 0.1) is 24.3 Å². The average molecular weight is 259 g/mol. The lowest BCUT2D eigenvalue weighted by atomic mass is 9.84. The number of rotatable bonds is 2. The normalized spacial score (nSPS) is 27.4. The minimum absolute atomic E-state index is 0.0115. The van der Waals surface area contributed by atoms with E-state index in [-0.39, 0.29) is 17.9 Å². The Morgan fingerprint density at radius 2 is 2.37 bits per heavy atom. The summed E-state index contributed by atoms with van der Waals surface area (Å²) in [6.45, 7) is 2.17. The van der Waals surface area contributed by atoms with Gasteiger partial charge in [-0.25, -0.2) is 4.79 Å². The molecular formula is C15H17NO3. The van der Waals surface area contributed by atoms with E-state index in [0.717, 1.165) is 17.7 Å². The van der Waals surface area contributed by atoms with E-state index in [9.17, 15) is 9.90 Å². The molecule has 0 fully saturated rings. The highest BCUT2D eigenvalue weighted by molar-refractivity contribution is 5.90. The summed E-state index contributed by atoms with van der Waals surface area (Å²) in [5.41, 5.74) is 2.68. The minimum atomic E-state index is -0.475. The van der Waals surface area contributed by atoms with Gasteiger partial charge in [0.25, 0.3) is 0 Å². The Bertz CT molecular complexity index is 538. The number of allylic oxidation sites excluding steroid dienone is 1. The van der Waals surface area contributed by atoms with Gasteiger partial charge < -0.3 is 15.2 Å². The Hall–Kier alpha value is -1.81. The average Bonchev–Trinajstić information content (AvgIpc) is 2.78. The highest BCUT2D eigenvalue weighted by Gasteiger charge is 2.37. The molecule has 0 bridgehead atoms. The molecular weight excluding hydrogens is 242 g/mol. The van der Waals surface area contributed by atoms with Gasteiger partial charge in [0, 0.05) is 11.6 Å². The zero-order valence-electron chi connectivity index (χ0n) is 10.8. The Balaban J connectivity index is 1.93. The number of fused-ring (bicyclic) bond motifs is 3. The van der Waals surface area contributed by atoms with Crippen molar-refractivity contribution in [2.75, 3.05) is 11.9 Å². The smallest absolute Gasteiger partial charge is 0.338 e. The van der Waals surface area contributed by atoms with Gasteiger partial charge in [-0.1, -0.05) is 12.2 Å². The van der Waals surface area contributed by atoms with Gasteiger partial charge in [-0.2, -0.15) is 0 Å². The van der Waals surface area contributed by atoms with Crippen molar-refractivity contribution >= 4 is 11.7 Å². The van der Waals surface area contributed by atoms with Crippen molar-refractivity contribution in [3.8, 4) is 0 Å². The highest BCUT2D eigenvalue weighted by Crippen LogP contribution is 2.42. The molecule has 2 aliphatic rings. The van der Waals surface area contributed by atoms with E-state index >= 15 is 0 Å². The summed E-state index contributed by atoms with van der Waals surface area (Å²) in [5, 5.41) is 13.3. The summed E-state index contributed by atoms with van der Waals surface area (Å²) < 4.78 is 5.02. The van der Waals surface area contributed by atoms with Crippen LogP contribution in [0.2, 0.25) is 0 Å². The van der Waals surface area contributed by atoms with Crippen molar-refractivity contribution in [3.63, 3.8) is 0 Å². The van der Waals surface area contributed by atoms with E-state index in [2.05, 4.69) is 5.32 Å². The van der Waals surface area contributed by atoms with Crippen LogP contribution in [0.4, 0.5) is 5.69 Å². The number of carbonyl (C=O) groups is 1. The molecule has 1 aliphatic heterocycles. The van der Waals surface area contributed by atoms with Gasteiger partial charge in [-0.05, 0) is 37.1 Å². The lowest BCUT2D eigenvalue weighted by Gasteiger charge is -2.26. The number of anilines is 1. The monoisotopic (exact) mass is 259 g/mol. The predicted molar refractivity (Wildman–Crippen MR) is 72.3 cm³/mol. The molecule has 3 atom stereocenters. The first-order valence-electron chi connectivity index (χ1n) is 6.63. The first-order chi connectivity index (χ1) is 9.20. The maximum Gasteiger partial charge on any atom is 0.338 e. The molecule has 0 spiro atoms. The van der Waals surface area contributed by atoms with Crippen molar-refractivity contribution < 1.29 is 14.6 Å². The number of nitrogens with one attached hydrogen (secondary N) is 1. The van der Waals surface area contributed by atoms with Crippen LogP contribution >= 0.6 is 0 Å². The van der Waals surface area contributed by atoms with Crippen LogP contribution in [0.3, 0.4) is 0 Å². The zero-order chi connectivity index (χ0) is 13.4. The molecule has 1 aromatic rings. The Morgan fingerprint density at radius 1 is 1.53 bits per heavy atom. The maximum absolute atomic E-state index is 11.8. The van der Waals surface area contributed by atoms with Crippen molar-refractivity contribution in [1.29, 1.82) is 0 Å². The third-order valence-electron chi connectivity index (χ3n) is 3.81. The van der Waals surface area contributed by atoms with Gasteiger partial charge in [0.1, 0.15) is 0 Å². The summed E-state index contributed by atoms with van der Waals surface area (Å²) in [5.74, 6) is -0.0648. The van der Waals surface area contributed by atoms with Crippen LogP contribution in [0.15, 0.2) is 30.4 Å². The standard InChI is InChI=1S/C15H17NO3/c1-2-19-15(18)9-6-7-12-11(8-9)10-4-3-5-13(17)14(10)16-12/h3,5-8,10,13-14,16-17H,2,4H2,1H3. The van der Waals surface area contributed by atoms with Crippen molar-refractivity contribution in [3.05, 3.63) is 41.5 Å². The summed E-state index contributed by atoms with van der Waals surface area (Å²) in [6.07, 6.45) is 4.23. The van der Waals surface area contributed by atoms with Crippen LogP contribution in [0, 0.1) is 0 Å². The van der Waals surface area contributed by atoms with Crippen LogP contribution in [0.25, 0.3) is 0 Å². The number of benzene rings is 1. The van der Waals surface area contributed by atoms with Gasteiger partial charge >= 0.3 is 5.97 Å². The summed E-state index contributed by atoms with van der Waals surface area (Å²) in [4.78, 5) is 11.8. The number of esters is 1. The molecule has 1 aromatic carbocycles. The molecule has 0 radical (unpaired) electrons. The molecule has 0 amide bonds. The Kier molecular flexibility index (Phi) is 3.03. The first-order valence-corrected chi connectivity index (χ1v) is 6.63. The summed E-state index contributed by atoms with van der Waals surface area (Å²) >= 11 is 0. The van der Waals surface area contributed by atoms with Gasteiger partial charge in [-0.3, -0.25) is 0 Å². The van der Waals surface area contributed by atoms with E-state index in [1.165, 1.54) is 0 Å². The molecule has 3 unspecified atom stereocenters. The van der Waals surface area contributed by atoms with Crippen molar-refractivity contribution in [2.24, 2.45) is 0 Å². The fourth-order valence-electron chi connectivity index (χ4n) is 2.90. The zero-order valence-corrected chi connectivity index (χ0v) is 10.8. The second-order valence-corrected chi connectivity index (χ2v) is 4.95. The maximum atomic E-state index is 11.8. The SMILES string of the molecule is CCOC(=O)c1ccc2c(c1)C1CC=CC(O)C1N2. The van der Waals surface area contributed by atoms with Gasteiger partial charge in [0.15, 0.2) is 0 Å². The lowest BCUT2D eigenvalue weighted by molar-refractivity contribution is 0.0526. The number of hydrogen-bond acceptors (Lipinski definition) is 4. The van der Waals surface area contributed by atoms with E-state index < -0.39 is 6.10 Å². The lowest BCUT2D eigenvalue weighted by Crippen LogP contribution is -2.35. The minimum Gasteiger partial charge on any atom is -0.462 e. The number of aliphatic hydroxyl groups excluding tert-OH is 1. The van der Waals surface area contributed by atoms with E-state index in [0.29, 0.717) is 12.2 Å². The van der Waals surface area contributed by atoms with Crippen molar-refractivity contribution in [2.45, 2.75) is 31.4 Å². The molecule has 4 nitrogen and oxygen atoms in total. The van der Waals surface area contributed by atoms with Crippen molar-refractivity contribution in [1.82, 2.24) is 0 Å². The molecule has 2 N–H and O–H groups in total. The number of hydrogen-bond donors (Lipinski definition) is 2. The number of carbonyl (C=O) groups excluding carboxylic acids is 1. The van der Waals surface area contributed by atoms with Crippen LogP contribution in [-0.2, 0) is 4.74 Å². The molecule has 3 rings (SSSR count). The van der Waals surface area contributed by atoms with E-state index in [4.69, 9.17) is 4.74 Å². The molecule has 0 aromatic heterocycles. The number of ether oxygens (including phenoxy) is 1. The number of aliphatic hydroxyl groups is 1. The van der Waals surface area contributed by atoms with Crippen LogP contribution in [0.5, 0.6) is 0 Å². The highest BCUT2D eigenvalue weighted by atomic mass is 16.5. The third kappa shape index (κ3) is 2.02. The Labute approximate surface area is 112 Å². The molecule has 100 valence electrons. The fraction of sp³-hybridized carbons (Fsp3) is 0.400. The second kappa shape index (κ2) is 4.70. The van der Waals surface area contributed by atoms with Crippen LogP contribution < -0.4 is 5.32 Å². The van der Waals surface area contributed by atoms with Gasteiger partial charge in [0.2, 0.25) is 0 Å². The summed E-state index contributed by atoms with van der Waals surface area (Å²) in [6, 6.07) is 5.56. The molecule has 4 heteroatoms. The van der Waals surface area contributed by atoms with Crippen LogP contribution in [-0.4, -0.2) is 29.8 Å². The van der Waals surface area contributed by atoms with Crippen LogP contribution in [0.1, 0.15) is 35.2 Å². The Morgan fingerprint density at radius 3 is 3.16 bits per heavy atom. The first kappa shape index (κ1) is 12.2. The quantitative estimate of drug-likeness (QED) is 0.630. The second-order valence-electron chi connectivity index (χ2n) is 4.95. The third-order valence-corrected chi connectivity index (χ3v) is 3.81. The summed E-state index contributed by atoms with van der Waals surface area (Å²) in [7, 11) is 0.